The van der Waals surface area contributed by atoms with Crippen LogP contribution in [0.2, 0.25) is 0 Å². The molecular weight excluding hydrogens is 232 g/mol. The Balaban J connectivity index is 0.000000180. The summed E-state index contributed by atoms with van der Waals surface area (Å²) in [4.78, 5) is 10.6. The molecular formula is C14H14O4. The summed E-state index contributed by atoms with van der Waals surface area (Å²) in [6, 6.07) is 12.6. The van der Waals surface area contributed by atoms with Gasteiger partial charge in [-0.15, -0.1) is 0 Å². The molecule has 0 bridgehead atoms. The van der Waals surface area contributed by atoms with Gasteiger partial charge in [-0.2, -0.15) is 0 Å². The first-order valence-corrected chi connectivity index (χ1v) is 5.27. The van der Waals surface area contributed by atoms with E-state index >= 15 is 0 Å². The number of phenols is 3. The van der Waals surface area contributed by atoms with Crippen LogP contribution < -0.4 is 0 Å². The average Bonchev–Trinajstić information content (AvgIpc) is 2.29. The topological polar surface area (TPSA) is 77.8 Å². The van der Waals surface area contributed by atoms with Gasteiger partial charge in [-0.25, -0.2) is 0 Å². The van der Waals surface area contributed by atoms with Crippen LogP contribution in [0.4, 0.5) is 0 Å². The smallest absolute Gasteiger partial charge is 0.159 e. The SMILES string of the molecule is CC(=O)c1ccccc1.Oc1cc(O)cc(O)c1. The molecule has 0 amide bonds. The number of hydrogen-bond acceptors (Lipinski definition) is 4. The summed E-state index contributed by atoms with van der Waals surface area (Å²) < 4.78 is 0. The Morgan fingerprint density at radius 3 is 1.50 bits per heavy atom. The van der Waals surface area contributed by atoms with E-state index in [9.17, 15) is 4.79 Å². The van der Waals surface area contributed by atoms with Gasteiger partial charge in [-0.1, -0.05) is 30.3 Å². The van der Waals surface area contributed by atoms with Crippen LogP contribution in [0.5, 0.6) is 17.2 Å². The molecule has 0 unspecified atom stereocenters. The summed E-state index contributed by atoms with van der Waals surface area (Å²) in [7, 11) is 0. The van der Waals surface area contributed by atoms with Crippen LogP contribution in [-0.2, 0) is 0 Å². The number of phenolic OH excluding ortho intramolecular Hbond substituents is 3. The fraction of sp³-hybridized carbons (Fsp3) is 0.0714. The zero-order valence-electron chi connectivity index (χ0n) is 9.87. The van der Waals surface area contributed by atoms with Crippen LogP contribution in [0.25, 0.3) is 0 Å². The molecule has 3 N–H and O–H groups in total. The van der Waals surface area contributed by atoms with Crippen LogP contribution in [-0.4, -0.2) is 21.1 Å². The predicted octanol–water partition coefficient (Wildman–Crippen LogP) is 2.69. The first kappa shape index (κ1) is 13.6. The van der Waals surface area contributed by atoms with Crippen molar-refractivity contribution in [2.24, 2.45) is 0 Å². The summed E-state index contributed by atoms with van der Waals surface area (Å²) >= 11 is 0. The van der Waals surface area contributed by atoms with E-state index in [0.29, 0.717) is 0 Å². The number of rotatable bonds is 1. The minimum atomic E-state index is -0.146. The normalized spacial score (nSPS) is 9.17. The molecule has 2 aromatic rings. The second-order valence-corrected chi connectivity index (χ2v) is 3.63. The highest BCUT2D eigenvalue weighted by Crippen LogP contribution is 2.23. The van der Waals surface area contributed by atoms with E-state index in [0.717, 1.165) is 23.8 Å². The summed E-state index contributed by atoms with van der Waals surface area (Å²) in [5.74, 6) is -0.317. The van der Waals surface area contributed by atoms with Gasteiger partial charge in [0.05, 0.1) is 0 Å². The Morgan fingerprint density at radius 1 is 0.833 bits per heavy atom. The van der Waals surface area contributed by atoms with E-state index in [1.165, 1.54) is 0 Å². The summed E-state index contributed by atoms with van der Waals surface area (Å²) in [6.45, 7) is 1.56. The van der Waals surface area contributed by atoms with Crippen molar-refractivity contribution in [2.75, 3.05) is 0 Å². The molecule has 0 fully saturated rings. The first-order chi connectivity index (χ1) is 8.49. The summed E-state index contributed by atoms with van der Waals surface area (Å²) in [6.07, 6.45) is 0. The molecule has 94 valence electrons. The molecule has 4 heteroatoms. The molecule has 0 heterocycles. The Morgan fingerprint density at radius 2 is 1.22 bits per heavy atom. The quantitative estimate of drug-likeness (QED) is 0.676. The van der Waals surface area contributed by atoms with Crippen LogP contribution in [0.1, 0.15) is 17.3 Å². The molecule has 0 atom stereocenters. The van der Waals surface area contributed by atoms with Crippen LogP contribution in [0.3, 0.4) is 0 Å². The van der Waals surface area contributed by atoms with Crippen molar-refractivity contribution >= 4 is 5.78 Å². The van der Waals surface area contributed by atoms with Crippen molar-refractivity contribution in [1.29, 1.82) is 0 Å². The van der Waals surface area contributed by atoms with Crippen LogP contribution in [0, 0.1) is 0 Å². The Hall–Kier alpha value is -2.49. The van der Waals surface area contributed by atoms with E-state index in [-0.39, 0.29) is 23.0 Å². The van der Waals surface area contributed by atoms with Crippen LogP contribution >= 0.6 is 0 Å². The lowest BCUT2D eigenvalue weighted by molar-refractivity contribution is 0.101. The highest BCUT2D eigenvalue weighted by atomic mass is 16.3. The molecule has 0 saturated heterocycles. The molecule has 4 nitrogen and oxygen atoms in total. The lowest BCUT2D eigenvalue weighted by atomic mass is 10.2. The van der Waals surface area contributed by atoms with Gasteiger partial charge in [-0.3, -0.25) is 4.79 Å². The van der Waals surface area contributed by atoms with Gasteiger partial charge < -0.3 is 15.3 Å². The van der Waals surface area contributed by atoms with E-state index in [4.69, 9.17) is 15.3 Å². The zero-order valence-corrected chi connectivity index (χ0v) is 9.87. The number of ketones is 1. The van der Waals surface area contributed by atoms with Gasteiger partial charge in [0.15, 0.2) is 5.78 Å². The molecule has 2 aromatic carbocycles. The maximum absolute atomic E-state index is 10.6. The van der Waals surface area contributed by atoms with Gasteiger partial charge in [0.2, 0.25) is 0 Å². The Labute approximate surface area is 105 Å². The molecule has 2 rings (SSSR count). The van der Waals surface area contributed by atoms with Crippen molar-refractivity contribution in [3.05, 3.63) is 54.1 Å². The summed E-state index contributed by atoms with van der Waals surface area (Å²) in [5, 5.41) is 26.0. The largest absolute Gasteiger partial charge is 0.508 e. The number of carbonyl (C=O) groups excluding carboxylic acids is 1. The highest BCUT2D eigenvalue weighted by molar-refractivity contribution is 5.93. The molecule has 0 aliphatic heterocycles. The lowest BCUT2D eigenvalue weighted by Crippen LogP contribution is -1.88. The molecule has 0 aliphatic carbocycles. The van der Waals surface area contributed by atoms with E-state index < -0.39 is 0 Å². The third-order valence-corrected chi connectivity index (χ3v) is 2.07. The average molecular weight is 246 g/mol. The second kappa shape index (κ2) is 6.30. The molecule has 0 aromatic heterocycles. The third kappa shape index (κ3) is 4.57. The Bertz CT molecular complexity index is 470. The molecule has 0 spiro atoms. The first-order valence-electron chi connectivity index (χ1n) is 5.27. The number of benzene rings is 2. The van der Waals surface area contributed by atoms with Crippen molar-refractivity contribution in [1.82, 2.24) is 0 Å². The molecule has 0 radical (unpaired) electrons. The standard InChI is InChI=1S/C8H8O.C6H6O3/c1-7(9)8-5-3-2-4-6-8;7-4-1-5(8)3-6(9)2-4/h2-6H,1H3;1-3,7-9H. The van der Waals surface area contributed by atoms with Gasteiger partial charge in [-0.05, 0) is 6.92 Å². The fourth-order valence-electron chi connectivity index (χ4n) is 1.25. The van der Waals surface area contributed by atoms with E-state index in [1.807, 2.05) is 30.3 Å². The maximum Gasteiger partial charge on any atom is 0.159 e. The minimum Gasteiger partial charge on any atom is -0.508 e. The second-order valence-electron chi connectivity index (χ2n) is 3.63. The number of Topliss-reactive ketones (excluding diaryl/α,β-unsaturated/α-hetero) is 1. The minimum absolute atomic E-state index is 0.121. The van der Waals surface area contributed by atoms with Crippen LogP contribution in [0.15, 0.2) is 48.5 Å². The van der Waals surface area contributed by atoms with Gasteiger partial charge >= 0.3 is 0 Å². The summed E-state index contributed by atoms with van der Waals surface area (Å²) in [5.41, 5.74) is 0.775. The van der Waals surface area contributed by atoms with Crippen molar-refractivity contribution in [2.45, 2.75) is 6.92 Å². The predicted molar refractivity (Wildman–Crippen MR) is 67.9 cm³/mol. The fourth-order valence-corrected chi connectivity index (χ4v) is 1.25. The maximum atomic E-state index is 10.6. The van der Waals surface area contributed by atoms with E-state index in [2.05, 4.69) is 0 Å². The van der Waals surface area contributed by atoms with Crippen molar-refractivity contribution in [3.8, 4) is 17.2 Å². The molecule has 0 saturated carbocycles. The van der Waals surface area contributed by atoms with E-state index in [1.54, 1.807) is 6.92 Å². The molecule has 0 aliphatic rings. The highest BCUT2D eigenvalue weighted by Gasteiger charge is 1.94. The monoisotopic (exact) mass is 246 g/mol. The number of carbonyl (C=O) groups is 1. The molecule has 18 heavy (non-hydrogen) atoms. The number of aromatic hydroxyl groups is 3. The Kier molecular flexibility index (Phi) is 4.75. The lowest BCUT2D eigenvalue weighted by Gasteiger charge is -1.94. The van der Waals surface area contributed by atoms with Crippen molar-refractivity contribution in [3.63, 3.8) is 0 Å². The van der Waals surface area contributed by atoms with Gasteiger partial charge in [0, 0.05) is 23.8 Å². The van der Waals surface area contributed by atoms with Gasteiger partial charge in [0.25, 0.3) is 0 Å². The zero-order chi connectivity index (χ0) is 13.5. The third-order valence-electron chi connectivity index (χ3n) is 2.07. The number of hydrogen-bond donors (Lipinski definition) is 3. The van der Waals surface area contributed by atoms with Gasteiger partial charge in [0.1, 0.15) is 17.2 Å². The van der Waals surface area contributed by atoms with Crippen molar-refractivity contribution < 1.29 is 20.1 Å².